The molecule has 0 aliphatic carbocycles. The van der Waals surface area contributed by atoms with Crippen LogP contribution in [0.3, 0.4) is 0 Å². The van der Waals surface area contributed by atoms with Crippen LogP contribution in [-0.4, -0.2) is 35.6 Å². The lowest BCUT2D eigenvalue weighted by molar-refractivity contribution is 0.588. The van der Waals surface area contributed by atoms with Crippen LogP contribution in [0.1, 0.15) is 25.0 Å². The SMILES string of the molecule is CC(C)C1=NCCc2ccc(Nc3ncc(Cl)c(Nc4ccccc4P(C)(C)=O)n3)cc21. The predicted octanol–water partition coefficient (Wildman–Crippen LogP) is 5.87. The summed E-state index contributed by atoms with van der Waals surface area (Å²) in [6.45, 7) is 8.65. The summed E-state index contributed by atoms with van der Waals surface area (Å²) in [5.41, 5.74) is 5.24. The number of rotatable bonds is 6. The number of aromatic nitrogens is 2. The molecule has 1 aliphatic rings. The molecule has 2 aromatic carbocycles. The maximum atomic E-state index is 12.7. The topological polar surface area (TPSA) is 79.3 Å². The van der Waals surface area contributed by atoms with E-state index in [2.05, 4.69) is 46.6 Å². The second-order valence-corrected chi connectivity index (χ2v) is 12.1. The van der Waals surface area contributed by atoms with Crippen LogP contribution in [0, 0.1) is 5.92 Å². The maximum Gasteiger partial charge on any atom is 0.229 e. The molecule has 1 aromatic heterocycles. The molecule has 0 saturated carbocycles. The van der Waals surface area contributed by atoms with E-state index in [4.69, 9.17) is 16.6 Å². The summed E-state index contributed by atoms with van der Waals surface area (Å²) in [5, 5.41) is 7.64. The van der Waals surface area contributed by atoms with Crippen LogP contribution in [0.2, 0.25) is 5.02 Å². The molecule has 2 N–H and O–H groups in total. The first kappa shape index (κ1) is 22.5. The van der Waals surface area contributed by atoms with Gasteiger partial charge in [-0.2, -0.15) is 4.98 Å². The third kappa shape index (κ3) is 4.87. The van der Waals surface area contributed by atoms with Crippen LogP contribution in [0.4, 0.5) is 23.1 Å². The number of aliphatic imine (C=N–C) groups is 1. The van der Waals surface area contributed by atoms with Gasteiger partial charge in [0.2, 0.25) is 5.95 Å². The number of benzene rings is 2. The molecule has 0 atom stereocenters. The minimum atomic E-state index is -2.48. The van der Waals surface area contributed by atoms with Crippen LogP contribution in [-0.2, 0) is 11.0 Å². The van der Waals surface area contributed by atoms with E-state index in [-0.39, 0.29) is 0 Å². The summed E-state index contributed by atoms with van der Waals surface area (Å²) < 4.78 is 12.7. The van der Waals surface area contributed by atoms with E-state index < -0.39 is 7.14 Å². The number of hydrogen-bond acceptors (Lipinski definition) is 6. The molecule has 0 bridgehead atoms. The van der Waals surface area contributed by atoms with E-state index in [1.807, 2.05) is 30.3 Å². The molecule has 1 aliphatic heterocycles. The summed E-state index contributed by atoms with van der Waals surface area (Å²) in [5.74, 6) is 1.23. The first-order valence-electron chi connectivity index (χ1n) is 10.6. The number of anilines is 4. The van der Waals surface area contributed by atoms with Crippen molar-refractivity contribution in [3.05, 3.63) is 64.8 Å². The van der Waals surface area contributed by atoms with E-state index in [1.165, 1.54) is 11.1 Å². The first-order valence-corrected chi connectivity index (χ1v) is 13.6. The Labute approximate surface area is 193 Å². The van der Waals surface area contributed by atoms with E-state index in [1.54, 1.807) is 19.5 Å². The second kappa shape index (κ2) is 9.05. The van der Waals surface area contributed by atoms with Crippen molar-refractivity contribution in [1.82, 2.24) is 9.97 Å². The van der Waals surface area contributed by atoms with Gasteiger partial charge in [0.15, 0.2) is 5.82 Å². The van der Waals surface area contributed by atoms with E-state index in [0.29, 0.717) is 22.7 Å². The first-order chi connectivity index (χ1) is 15.2. The van der Waals surface area contributed by atoms with Gasteiger partial charge >= 0.3 is 0 Å². The monoisotopic (exact) mass is 467 g/mol. The largest absolute Gasteiger partial charge is 0.338 e. The average Bonchev–Trinajstić information content (AvgIpc) is 2.75. The molecule has 0 radical (unpaired) electrons. The lowest BCUT2D eigenvalue weighted by Gasteiger charge is -2.20. The molecule has 0 fully saturated rings. The zero-order chi connectivity index (χ0) is 22.9. The molecule has 4 rings (SSSR count). The highest BCUT2D eigenvalue weighted by Crippen LogP contribution is 2.38. The molecule has 32 heavy (non-hydrogen) atoms. The summed E-state index contributed by atoms with van der Waals surface area (Å²) in [6.07, 6.45) is 2.51. The van der Waals surface area contributed by atoms with Crippen LogP contribution in [0.5, 0.6) is 0 Å². The van der Waals surface area contributed by atoms with E-state index in [9.17, 15) is 4.57 Å². The van der Waals surface area contributed by atoms with Crippen LogP contribution < -0.4 is 15.9 Å². The maximum absolute atomic E-state index is 12.7. The molecular weight excluding hydrogens is 441 g/mol. The summed E-state index contributed by atoms with van der Waals surface area (Å²) in [7, 11) is -2.48. The van der Waals surface area contributed by atoms with Crippen molar-refractivity contribution in [2.75, 3.05) is 30.5 Å². The molecule has 6 nitrogen and oxygen atoms in total. The zero-order valence-electron chi connectivity index (χ0n) is 18.7. The Bertz CT molecular complexity index is 1230. The van der Waals surface area contributed by atoms with Gasteiger partial charge in [-0.05, 0) is 55.5 Å². The van der Waals surface area contributed by atoms with Crippen molar-refractivity contribution < 1.29 is 4.57 Å². The highest BCUT2D eigenvalue weighted by molar-refractivity contribution is 7.70. The van der Waals surface area contributed by atoms with Crippen molar-refractivity contribution in [3.63, 3.8) is 0 Å². The van der Waals surface area contributed by atoms with Crippen molar-refractivity contribution >= 4 is 52.9 Å². The van der Waals surface area contributed by atoms with Gasteiger partial charge in [-0.15, -0.1) is 0 Å². The molecule has 0 amide bonds. The van der Waals surface area contributed by atoms with Crippen molar-refractivity contribution in [2.24, 2.45) is 10.9 Å². The van der Waals surface area contributed by atoms with Crippen LogP contribution in [0.15, 0.2) is 53.7 Å². The highest BCUT2D eigenvalue weighted by Gasteiger charge is 2.19. The van der Waals surface area contributed by atoms with Crippen molar-refractivity contribution in [2.45, 2.75) is 20.3 Å². The third-order valence-corrected chi connectivity index (χ3v) is 7.16. The highest BCUT2D eigenvalue weighted by atomic mass is 35.5. The van der Waals surface area contributed by atoms with Gasteiger partial charge in [0, 0.05) is 28.8 Å². The van der Waals surface area contributed by atoms with Gasteiger partial charge in [0.25, 0.3) is 0 Å². The Hall–Kier alpha value is -2.69. The number of halogens is 1. The fourth-order valence-electron chi connectivity index (χ4n) is 3.81. The van der Waals surface area contributed by atoms with Gasteiger partial charge in [-0.3, -0.25) is 4.99 Å². The molecule has 2 heterocycles. The lowest BCUT2D eigenvalue weighted by Crippen LogP contribution is -2.18. The molecule has 0 saturated heterocycles. The number of nitrogens with zero attached hydrogens (tertiary/aromatic N) is 3. The molecule has 0 unspecified atom stereocenters. The van der Waals surface area contributed by atoms with Crippen LogP contribution in [0.25, 0.3) is 0 Å². The minimum absolute atomic E-state index is 0.361. The smallest absolute Gasteiger partial charge is 0.229 e. The van der Waals surface area contributed by atoms with Gasteiger partial charge in [-0.25, -0.2) is 4.98 Å². The summed E-state index contributed by atoms with van der Waals surface area (Å²) in [4.78, 5) is 13.6. The fraction of sp³-hybridized carbons (Fsp3) is 0.292. The molecule has 0 spiro atoms. The van der Waals surface area contributed by atoms with Crippen LogP contribution >= 0.6 is 18.7 Å². The standard InChI is InChI=1S/C24H27ClN5OP/c1-15(2)22-18-13-17(10-9-16(18)11-12-26-22)28-24-27-14-19(25)23(30-24)29-20-7-5-6-8-21(20)32(3,4)31/h5-10,13-15H,11-12H2,1-4H3,(H2,27,28,29,30). The molecule has 8 heteroatoms. The molecule has 3 aromatic rings. The second-order valence-electron chi connectivity index (χ2n) is 8.55. The fourth-order valence-corrected chi connectivity index (χ4v) is 5.10. The zero-order valence-corrected chi connectivity index (χ0v) is 20.3. The summed E-state index contributed by atoms with van der Waals surface area (Å²) >= 11 is 6.36. The Balaban J connectivity index is 1.62. The normalized spacial score (nSPS) is 13.5. The lowest BCUT2D eigenvalue weighted by atomic mass is 9.91. The van der Waals surface area contributed by atoms with E-state index in [0.717, 1.165) is 35.4 Å². The number of fused-ring (bicyclic) bond motifs is 1. The Kier molecular flexibility index (Phi) is 6.36. The van der Waals surface area contributed by atoms with E-state index >= 15 is 0 Å². The molecule has 166 valence electrons. The third-order valence-electron chi connectivity index (χ3n) is 5.33. The van der Waals surface area contributed by atoms with Crippen molar-refractivity contribution in [3.8, 4) is 0 Å². The Morgan fingerprint density at radius 2 is 1.88 bits per heavy atom. The predicted molar refractivity (Wildman–Crippen MR) is 136 cm³/mol. The van der Waals surface area contributed by atoms with Crippen molar-refractivity contribution in [1.29, 1.82) is 0 Å². The number of hydrogen-bond donors (Lipinski definition) is 2. The Morgan fingerprint density at radius 3 is 2.62 bits per heavy atom. The van der Waals surface area contributed by atoms with Gasteiger partial charge < -0.3 is 15.2 Å². The van der Waals surface area contributed by atoms with Gasteiger partial charge in [0.05, 0.1) is 11.9 Å². The Morgan fingerprint density at radius 1 is 1.09 bits per heavy atom. The average molecular weight is 468 g/mol. The molecular formula is C24H27ClN5OP. The van der Waals surface area contributed by atoms with Gasteiger partial charge in [-0.1, -0.05) is 43.6 Å². The summed E-state index contributed by atoms with van der Waals surface area (Å²) in [6, 6.07) is 13.8. The quantitative estimate of drug-likeness (QED) is 0.443. The minimum Gasteiger partial charge on any atom is -0.338 e. The number of nitrogens with one attached hydrogen (secondary N) is 2. The number of para-hydroxylation sites is 1. The van der Waals surface area contributed by atoms with Gasteiger partial charge in [0.1, 0.15) is 12.2 Å².